The summed E-state index contributed by atoms with van der Waals surface area (Å²) in [6.45, 7) is 0.151. The standard InChI is InChI=1S/C17H12ClFN2O/c18-15-9-14(19)5-6-16(15)20-17(22)11-21-8-7-12-3-1-2-4-13(12)10-21/h1-10H,11H2/p+1. The summed E-state index contributed by atoms with van der Waals surface area (Å²) in [7, 11) is 0. The van der Waals surface area contributed by atoms with Crippen LogP contribution in [0.2, 0.25) is 5.02 Å². The lowest BCUT2D eigenvalue weighted by molar-refractivity contribution is -0.682. The van der Waals surface area contributed by atoms with Crippen LogP contribution in [0.5, 0.6) is 0 Å². The molecule has 0 aliphatic rings. The Hall–Kier alpha value is -2.46. The number of aromatic nitrogens is 1. The van der Waals surface area contributed by atoms with Gasteiger partial charge in [0.1, 0.15) is 5.82 Å². The van der Waals surface area contributed by atoms with Crippen LogP contribution in [-0.2, 0) is 11.3 Å². The fourth-order valence-electron chi connectivity index (χ4n) is 2.22. The second kappa shape index (κ2) is 6.12. The van der Waals surface area contributed by atoms with E-state index >= 15 is 0 Å². The van der Waals surface area contributed by atoms with Crippen LogP contribution >= 0.6 is 11.6 Å². The molecular weight excluding hydrogens is 303 g/mol. The predicted octanol–water partition coefficient (Wildman–Crippen LogP) is 3.56. The van der Waals surface area contributed by atoms with E-state index in [1.165, 1.54) is 18.2 Å². The molecule has 0 aliphatic carbocycles. The minimum atomic E-state index is -0.438. The van der Waals surface area contributed by atoms with Gasteiger partial charge in [-0.1, -0.05) is 29.8 Å². The lowest BCUT2D eigenvalue weighted by Crippen LogP contribution is -2.39. The van der Waals surface area contributed by atoms with E-state index in [1.807, 2.05) is 42.7 Å². The van der Waals surface area contributed by atoms with Gasteiger partial charge in [0.2, 0.25) is 6.54 Å². The third-order valence-corrected chi connectivity index (χ3v) is 3.59. The second-order valence-electron chi connectivity index (χ2n) is 4.92. The molecule has 0 bridgehead atoms. The topological polar surface area (TPSA) is 33.0 Å². The van der Waals surface area contributed by atoms with Crippen LogP contribution in [0.15, 0.2) is 60.9 Å². The first-order chi connectivity index (χ1) is 10.6. The second-order valence-corrected chi connectivity index (χ2v) is 5.33. The zero-order chi connectivity index (χ0) is 15.5. The maximum absolute atomic E-state index is 13.0. The first kappa shape index (κ1) is 14.5. The SMILES string of the molecule is O=C(C[n+]1ccc2ccccc2c1)Nc1ccc(F)cc1Cl. The number of benzene rings is 2. The van der Waals surface area contributed by atoms with Crippen molar-refractivity contribution < 1.29 is 13.8 Å². The van der Waals surface area contributed by atoms with Crippen molar-refractivity contribution in [3.05, 3.63) is 71.8 Å². The molecule has 0 unspecified atom stereocenters. The molecular formula is C17H13ClFN2O+. The quantitative estimate of drug-likeness (QED) is 0.737. The number of hydrogen-bond acceptors (Lipinski definition) is 1. The molecule has 1 heterocycles. The van der Waals surface area contributed by atoms with Crippen molar-refractivity contribution in [3.8, 4) is 0 Å². The van der Waals surface area contributed by atoms with Gasteiger partial charge in [0.15, 0.2) is 12.4 Å². The average Bonchev–Trinajstić information content (AvgIpc) is 2.50. The zero-order valence-corrected chi connectivity index (χ0v) is 12.3. The fourth-order valence-corrected chi connectivity index (χ4v) is 2.44. The van der Waals surface area contributed by atoms with Crippen molar-refractivity contribution in [1.29, 1.82) is 0 Å². The van der Waals surface area contributed by atoms with Crippen LogP contribution in [0.25, 0.3) is 10.8 Å². The summed E-state index contributed by atoms with van der Waals surface area (Å²) in [6.07, 6.45) is 3.75. The molecule has 1 amide bonds. The molecule has 0 radical (unpaired) electrons. The molecule has 5 heteroatoms. The van der Waals surface area contributed by atoms with Gasteiger partial charge < -0.3 is 5.32 Å². The van der Waals surface area contributed by atoms with Crippen molar-refractivity contribution in [1.82, 2.24) is 0 Å². The normalized spacial score (nSPS) is 10.6. The predicted molar refractivity (Wildman–Crippen MR) is 84.2 cm³/mol. The van der Waals surface area contributed by atoms with Gasteiger partial charge in [-0.2, -0.15) is 4.57 Å². The fraction of sp³-hybridized carbons (Fsp3) is 0.0588. The monoisotopic (exact) mass is 315 g/mol. The van der Waals surface area contributed by atoms with Crippen molar-refractivity contribution in [2.45, 2.75) is 6.54 Å². The highest BCUT2D eigenvalue weighted by Gasteiger charge is 2.12. The summed E-state index contributed by atoms with van der Waals surface area (Å²) in [4.78, 5) is 12.1. The van der Waals surface area contributed by atoms with Crippen molar-refractivity contribution in [2.24, 2.45) is 0 Å². The van der Waals surface area contributed by atoms with E-state index in [0.29, 0.717) is 5.69 Å². The van der Waals surface area contributed by atoms with E-state index in [4.69, 9.17) is 11.6 Å². The Morgan fingerprint density at radius 2 is 1.91 bits per heavy atom. The van der Waals surface area contributed by atoms with E-state index in [-0.39, 0.29) is 17.5 Å². The lowest BCUT2D eigenvalue weighted by Gasteiger charge is -2.05. The molecule has 110 valence electrons. The number of nitrogens with zero attached hydrogens (tertiary/aromatic N) is 1. The number of amides is 1. The highest BCUT2D eigenvalue weighted by atomic mass is 35.5. The number of hydrogen-bond donors (Lipinski definition) is 1. The minimum absolute atomic E-state index is 0.151. The highest BCUT2D eigenvalue weighted by Crippen LogP contribution is 2.22. The van der Waals surface area contributed by atoms with Gasteiger partial charge in [-0.3, -0.25) is 4.79 Å². The van der Waals surface area contributed by atoms with Gasteiger partial charge in [-0.05, 0) is 29.7 Å². The van der Waals surface area contributed by atoms with Gasteiger partial charge in [0.25, 0.3) is 5.91 Å². The summed E-state index contributed by atoms with van der Waals surface area (Å²) < 4.78 is 14.8. The average molecular weight is 316 g/mol. The molecule has 1 N–H and O–H groups in total. The van der Waals surface area contributed by atoms with Crippen molar-refractivity contribution in [3.63, 3.8) is 0 Å². The van der Waals surface area contributed by atoms with E-state index < -0.39 is 5.82 Å². The summed E-state index contributed by atoms with van der Waals surface area (Å²) >= 11 is 5.89. The Kier molecular flexibility index (Phi) is 4.02. The van der Waals surface area contributed by atoms with E-state index in [2.05, 4.69) is 5.32 Å². The molecule has 0 spiro atoms. The number of fused-ring (bicyclic) bond motifs is 1. The number of anilines is 1. The number of pyridine rings is 1. The molecule has 0 atom stereocenters. The van der Waals surface area contributed by atoms with Gasteiger partial charge in [0, 0.05) is 11.5 Å². The zero-order valence-electron chi connectivity index (χ0n) is 11.6. The molecule has 1 aromatic heterocycles. The minimum Gasteiger partial charge on any atom is -0.319 e. The molecule has 3 nitrogen and oxygen atoms in total. The van der Waals surface area contributed by atoms with E-state index in [9.17, 15) is 9.18 Å². The third kappa shape index (κ3) is 3.23. The Morgan fingerprint density at radius 1 is 1.14 bits per heavy atom. The third-order valence-electron chi connectivity index (χ3n) is 3.28. The molecule has 0 saturated carbocycles. The van der Waals surface area contributed by atoms with Crippen LogP contribution in [0, 0.1) is 5.82 Å². The summed E-state index contributed by atoms with van der Waals surface area (Å²) in [5.74, 6) is -0.666. The Morgan fingerprint density at radius 3 is 2.68 bits per heavy atom. The number of carbonyl (C=O) groups excluding carboxylic acids is 1. The van der Waals surface area contributed by atoms with Crippen LogP contribution in [-0.4, -0.2) is 5.91 Å². The molecule has 2 aromatic carbocycles. The van der Waals surface area contributed by atoms with Crippen molar-refractivity contribution in [2.75, 3.05) is 5.32 Å². The Labute approximate surface area is 132 Å². The number of carbonyl (C=O) groups is 1. The van der Waals surface area contributed by atoms with Crippen LogP contribution < -0.4 is 9.88 Å². The Balaban J connectivity index is 1.75. The molecule has 0 saturated heterocycles. The van der Waals surface area contributed by atoms with Crippen molar-refractivity contribution >= 4 is 34.0 Å². The summed E-state index contributed by atoms with van der Waals surface area (Å²) in [6, 6.07) is 13.7. The lowest BCUT2D eigenvalue weighted by atomic mass is 10.2. The first-order valence-corrected chi connectivity index (χ1v) is 7.12. The maximum Gasteiger partial charge on any atom is 0.290 e. The van der Waals surface area contributed by atoms with E-state index in [1.54, 1.807) is 4.57 Å². The summed E-state index contributed by atoms with van der Waals surface area (Å²) in [5.41, 5.74) is 0.398. The van der Waals surface area contributed by atoms with Crippen LogP contribution in [0.4, 0.5) is 10.1 Å². The number of halogens is 2. The first-order valence-electron chi connectivity index (χ1n) is 6.74. The van der Waals surface area contributed by atoms with E-state index in [0.717, 1.165) is 10.8 Å². The van der Waals surface area contributed by atoms with Crippen LogP contribution in [0.1, 0.15) is 0 Å². The van der Waals surface area contributed by atoms with Gasteiger partial charge in [0.05, 0.1) is 10.7 Å². The smallest absolute Gasteiger partial charge is 0.290 e. The molecule has 0 fully saturated rings. The number of rotatable bonds is 3. The largest absolute Gasteiger partial charge is 0.319 e. The Bertz CT molecular complexity index is 851. The van der Waals surface area contributed by atoms with Gasteiger partial charge in [-0.15, -0.1) is 0 Å². The molecule has 22 heavy (non-hydrogen) atoms. The van der Waals surface area contributed by atoms with Crippen LogP contribution in [0.3, 0.4) is 0 Å². The molecule has 0 aliphatic heterocycles. The highest BCUT2D eigenvalue weighted by molar-refractivity contribution is 6.33. The van der Waals surface area contributed by atoms with Gasteiger partial charge in [-0.25, -0.2) is 4.39 Å². The summed E-state index contributed by atoms with van der Waals surface area (Å²) in [5, 5.41) is 5.02. The van der Waals surface area contributed by atoms with Gasteiger partial charge >= 0.3 is 0 Å². The molecule has 3 rings (SSSR count). The number of nitrogens with one attached hydrogen (secondary N) is 1. The maximum atomic E-state index is 13.0. The molecule has 3 aromatic rings.